The van der Waals surface area contributed by atoms with Gasteiger partial charge in [0.25, 0.3) is 5.91 Å². The molecular weight excluding hydrogens is 406 g/mol. The molecule has 30 heavy (non-hydrogen) atoms. The van der Waals surface area contributed by atoms with Crippen LogP contribution in [0.15, 0.2) is 41.5 Å². The number of nitro groups is 1. The van der Waals surface area contributed by atoms with E-state index >= 15 is 0 Å². The van der Waals surface area contributed by atoms with Crippen LogP contribution in [0.1, 0.15) is 50.3 Å². The summed E-state index contributed by atoms with van der Waals surface area (Å²) in [5.41, 5.74) is 2.32. The summed E-state index contributed by atoms with van der Waals surface area (Å²) in [6.07, 6.45) is 8.67. The van der Waals surface area contributed by atoms with E-state index in [1.165, 1.54) is 44.4 Å². The van der Waals surface area contributed by atoms with Crippen LogP contribution in [0, 0.1) is 10.1 Å². The van der Waals surface area contributed by atoms with Gasteiger partial charge in [0, 0.05) is 6.07 Å². The molecule has 8 nitrogen and oxygen atoms in total. The highest BCUT2D eigenvalue weighted by Gasteiger charge is 2.08. The first-order chi connectivity index (χ1) is 14.6. The number of unbranched alkanes of at least 4 members (excludes halogenated alkanes) is 5. The number of hydrogen-bond acceptors (Lipinski definition) is 7. The monoisotopic (exact) mass is 433 g/mol. The molecule has 0 atom stereocenters. The Morgan fingerprint density at radius 1 is 1.07 bits per heavy atom. The zero-order valence-corrected chi connectivity index (χ0v) is 17.9. The number of benzene rings is 1. The number of hydrazone groups is 1. The molecule has 0 fully saturated rings. The number of carbonyl (C=O) groups is 1. The molecular formula is C21H27N3O5S. The molecule has 162 valence electrons. The molecule has 2 rings (SSSR count). The second-order valence-electron chi connectivity index (χ2n) is 6.60. The number of hydrogen-bond donors (Lipinski definition) is 1. The molecule has 0 saturated carbocycles. The van der Waals surface area contributed by atoms with Crippen LogP contribution in [0.4, 0.5) is 5.00 Å². The van der Waals surface area contributed by atoms with E-state index in [9.17, 15) is 14.9 Å². The summed E-state index contributed by atoms with van der Waals surface area (Å²) in [4.78, 5) is 22.5. The molecule has 0 aliphatic rings. The van der Waals surface area contributed by atoms with Crippen molar-refractivity contribution in [1.82, 2.24) is 5.43 Å². The quantitative estimate of drug-likeness (QED) is 0.197. The number of amides is 1. The fourth-order valence-corrected chi connectivity index (χ4v) is 3.26. The first kappa shape index (κ1) is 23.3. The average Bonchev–Trinajstić information content (AvgIpc) is 3.22. The molecule has 0 aliphatic heterocycles. The Hall–Kier alpha value is -2.94. The summed E-state index contributed by atoms with van der Waals surface area (Å²) < 4.78 is 11.1. The van der Waals surface area contributed by atoms with Crippen LogP contribution >= 0.6 is 11.3 Å². The van der Waals surface area contributed by atoms with Crippen molar-refractivity contribution in [2.45, 2.75) is 45.4 Å². The normalized spacial score (nSPS) is 10.8. The van der Waals surface area contributed by atoms with Crippen LogP contribution in [-0.4, -0.2) is 30.3 Å². The van der Waals surface area contributed by atoms with Crippen molar-refractivity contribution in [2.24, 2.45) is 5.10 Å². The van der Waals surface area contributed by atoms with Crippen LogP contribution in [0.5, 0.6) is 11.5 Å². The maximum atomic E-state index is 11.8. The van der Waals surface area contributed by atoms with E-state index < -0.39 is 10.8 Å². The molecule has 0 spiro atoms. The molecule has 0 bridgehead atoms. The predicted octanol–water partition coefficient (Wildman–Crippen LogP) is 4.92. The number of nitrogens with one attached hydrogen (secondary N) is 1. The van der Waals surface area contributed by atoms with Crippen LogP contribution in [-0.2, 0) is 4.79 Å². The summed E-state index contributed by atoms with van der Waals surface area (Å²) in [5.74, 6) is 0.894. The lowest BCUT2D eigenvalue weighted by Crippen LogP contribution is -2.24. The second kappa shape index (κ2) is 13.3. The van der Waals surface area contributed by atoms with E-state index in [4.69, 9.17) is 9.47 Å². The average molecular weight is 434 g/mol. The van der Waals surface area contributed by atoms with Gasteiger partial charge in [-0.15, -0.1) is 0 Å². The van der Waals surface area contributed by atoms with E-state index in [-0.39, 0.29) is 11.6 Å². The molecule has 0 unspecified atom stereocenters. The first-order valence-electron chi connectivity index (χ1n) is 10.00. The van der Waals surface area contributed by atoms with Gasteiger partial charge in [-0.1, -0.05) is 50.4 Å². The number of thiophene rings is 1. The van der Waals surface area contributed by atoms with E-state index in [2.05, 4.69) is 17.5 Å². The second-order valence-corrected chi connectivity index (χ2v) is 7.70. The number of rotatable bonds is 14. The van der Waals surface area contributed by atoms with Gasteiger partial charge < -0.3 is 9.47 Å². The Kier molecular flexibility index (Phi) is 10.4. The minimum absolute atomic E-state index is 0.0190. The van der Waals surface area contributed by atoms with Gasteiger partial charge in [0.1, 0.15) is 11.5 Å². The molecule has 1 aromatic heterocycles. The summed E-state index contributed by atoms with van der Waals surface area (Å²) in [5, 5.41) is 14.4. The zero-order valence-electron chi connectivity index (χ0n) is 17.0. The zero-order chi connectivity index (χ0) is 21.6. The lowest BCUT2D eigenvalue weighted by atomic mass is 10.1. The maximum Gasteiger partial charge on any atom is 0.324 e. The van der Waals surface area contributed by atoms with E-state index in [1.807, 2.05) is 12.1 Å². The van der Waals surface area contributed by atoms with E-state index in [0.29, 0.717) is 17.2 Å². The van der Waals surface area contributed by atoms with Gasteiger partial charge in [0.15, 0.2) is 6.61 Å². The van der Waals surface area contributed by atoms with Gasteiger partial charge in [-0.25, -0.2) is 5.43 Å². The summed E-state index contributed by atoms with van der Waals surface area (Å²) in [6, 6.07) is 10.1. The highest BCUT2D eigenvalue weighted by molar-refractivity contribution is 7.16. The van der Waals surface area contributed by atoms with Crippen molar-refractivity contribution < 1.29 is 19.2 Å². The van der Waals surface area contributed by atoms with Crippen molar-refractivity contribution in [2.75, 3.05) is 13.2 Å². The Morgan fingerprint density at radius 2 is 1.73 bits per heavy atom. The van der Waals surface area contributed by atoms with E-state index in [1.54, 1.807) is 18.2 Å². The van der Waals surface area contributed by atoms with Gasteiger partial charge >= 0.3 is 5.00 Å². The molecule has 1 aromatic carbocycles. The highest BCUT2D eigenvalue weighted by atomic mass is 32.1. The minimum Gasteiger partial charge on any atom is -0.494 e. The third kappa shape index (κ3) is 9.04. The van der Waals surface area contributed by atoms with Gasteiger partial charge in [-0.05, 0) is 36.8 Å². The lowest BCUT2D eigenvalue weighted by molar-refractivity contribution is -0.380. The van der Waals surface area contributed by atoms with Gasteiger partial charge in [-0.3, -0.25) is 14.9 Å². The summed E-state index contributed by atoms with van der Waals surface area (Å²) in [6.45, 7) is 2.71. The number of ether oxygens (including phenoxy) is 2. The van der Waals surface area contributed by atoms with Crippen molar-refractivity contribution in [3.05, 3.63) is 51.4 Å². The fraction of sp³-hybridized carbons (Fsp3) is 0.429. The highest BCUT2D eigenvalue weighted by Crippen LogP contribution is 2.22. The fourth-order valence-electron chi connectivity index (χ4n) is 2.56. The Morgan fingerprint density at radius 3 is 2.40 bits per heavy atom. The van der Waals surface area contributed by atoms with Gasteiger partial charge in [0.05, 0.1) is 22.6 Å². The lowest BCUT2D eigenvalue weighted by Gasteiger charge is -2.08. The Balaban J connectivity index is 1.62. The first-order valence-corrected chi connectivity index (χ1v) is 10.8. The van der Waals surface area contributed by atoms with Crippen molar-refractivity contribution in [3.63, 3.8) is 0 Å². The van der Waals surface area contributed by atoms with Crippen molar-refractivity contribution >= 4 is 28.5 Å². The van der Waals surface area contributed by atoms with Crippen LogP contribution in [0.25, 0.3) is 0 Å². The third-order valence-electron chi connectivity index (χ3n) is 4.13. The predicted molar refractivity (Wildman–Crippen MR) is 118 cm³/mol. The molecule has 0 radical (unpaired) electrons. The summed E-state index contributed by atoms with van der Waals surface area (Å²) in [7, 11) is 0. The van der Waals surface area contributed by atoms with Gasteiger partial charge in [-0.2, -0.15) is 5.10 Å². The molecule has 9 heteroatoms. The molecule has 0 aliphatic carbocycles. The van der Waals surface area contributed by atoms with Crippen LogP contribution < -0.4 is 14.9 Å². The molecule has 1 amide bonds. The molecule has 1 heterocycles. The number of carbonyl (C=O) groups excluding carboxylic acids is 1. The van der Waals surface area contributed by atoms with E-state index in [0.717, 1.165) is 23.5 Å². The SMILES string of the molecule is CCCCCCCCOc1ccc(OCC(=O)NN=Cc2ccc([N+](=O)[O-])s2)cc1. The van der Waals surface area contributed by atoms with Crippen molar-refractivity contribution in [1.29, 1.82) is 0 Å². The van der Waals surface area contributed by atoms with Gasteiger partial charge in [0.2, 0.25) is 0 Å². The Bertz CT molecular complexity index is 820. The molecule has 2 aromatic rings. The smallest absolute Gasteiger partial charge is 0.324 e. The molecule has 0 saturated heterocycles. The summed E-state index contributed by atoms with van der Waals surface area (Å²) >= 11 is 0.972. The standard InChI is InChI=1S/C21H27N3O5S/c1-2-3-4-5-6-7-14-28-17-8-10-18(11-9-17)29-16-20(25)23-22-15-19-12-13-21(30-19)24(26)27/h8-13,15H,2-7,14,16H2,1H3,(H,23,25). The largest absolute Gasteiger partial charge is 0.494 e. The topological polar surface area (TPSA) is 103 Å². The number of nitrogens with zero attached hydrogens (tertiary/aromatic N) is 2. The maximum absolute atomic E-state index is 11.8. The minimum atomic E-state index is -0.473. The molecule has 1 N–H and O–H groups in total. The Labute approximate surface area is 180 Å². The third-order valence-corrected chi connectivity index (χ3v) is 5.11. The van der Waals surface area contributed by atoms with Crippen LogP contribution in [0.2, 0.25) is 0 Å². The van der Waals surface area contributed by atoms with Crippen LogP contribution in [0.3, 0.4) is 0 Å². The van der Waals surface area contributed by atoms with Crippen molar-refractivity contribution in [3.8, 4) is 11.5 Å².